The molecule has 0 saturated heterocycles. The molecule has 0 spiro atoms. The molecule has 0 fully saturated rings. The molecule has 17 heavy (non-hydrogen) atoms. The number of aliphatic hydroxyl groups is 1. The fourth-order valence-electron chi connectivity index (χ4n) is 3.52. The van der Waals surface area contributed by atoms with Crippen molar-refractivity contribution in [3.63, 3.8) is 0 Å². The summed E-state index contributed by atoms with van der Waals surface area (Å²) in [5, 5.41) is 11.0. The van der Waals surface area contributed by atoms with Crippen LogP contribution in [0, 0.1) is 11.3 Å². The van der Waals surface area contributed by atoms with Gasteiger partial charge >= 0.3 is 0 Å². The molecule has 0 radical (unpaired) electrons. The predicted octanol–water partition coefficient (Wildman–Crippen LogP) is 4.25. The number of rotatable bonds is 5. The van der Waals surface area contributed by atoms with Gasteiger partial charge in [0.1, 0.15) is 0 Å². The summed E-state index contributed by atoms with van der Waals surface area (Å²) in [4.78, 5) is 0. The maximum absolute atomic E-state index is 11.0. The second kappa shape index (κ2) is 5.22. The van der Waals surface area contributed by atoms with E-state index in [1.54, 1.807) is 0 Å². The molecule has 0 heterocycles. The second-order valence-electron chi connectivity index (χ2n) is 6.00. The molecular weight excluding hydrogens is 208 g/mol. The number of hydrogen-bond donors (Lipinski definition) is 1. The SMILES string of the molecule is C=CCC(O)(CC=C)C1C(C)=CCCC1(C)C. The Morgan fingerprint density at radius 3 is 2.35 bits per heavy atom. The summed E-state index contributed by atoms with van der Waals surface area (Å²) < 4.78 is 0. The average Bonchev–Trinajstić information content (AvgIpc) is 2.15. The van der Waals surface area contributed by atoms with E-state index in [4.69, 9.17) is 0 Å². The Hall–Kier alpha value is -0.820. The van der Waals surface area contributed by atoms with Crippen molar-refractivity contribution in [3.05, 3.63) is 37.0 Å². The lowest BCUT2D eigenvalue weighted by atomic mass is 9.60. The van der Waals surface area contributed by atoms with Gasteiger partial charge in [0.05, 0.1) is 5.60 Å². The molecule has 1 rings (SSSR count). The smallest absolute Gasteiger partial charge is 0.0785 e. The number of allylic oxidation sites excluding steroid dienone is 1. The van der Waals surface area contributed by atoms with E-state index in [1.807, 2.05) is 12.2 Å². The van der Waals surface area contributed by atoms with Crippen molar-refractivity contribution in [1.82, 2.24) is 0 Å². The predicted molar refractivity (Wildman–Crippen MR) is 74.8 cm³/mol. The fraction of sp³-hybridized carbons (Fsp3) is 0.625. The van der Waals surface area contributed by atoms with Gasteiger partial charge in [0.15, 0.2) is 0 Å². The van der Waals surface area contributed by atoms with E-state index < -0.39 is 5.60 Å². The Morgan fingerprint density at radius 2 is 1.94 bits per heavy atom. The Morgan fingerprint density at radius 1 is 1.41 bits per heavy atom. The highest BCUT2D eigenvalue weighted by atomic mass is 16.3. The van der Waals surface area contributed by atoms with Crippen LogP contribution in [0.4, 0.5) is 0 Å². The molecule has 0 bridgehead atoms. The molecule has 0 amide bonds. The van der Waals surface area contributed by atoms with Crippen molar-refractivity contribution in [2.24, 2.45) is 11.3 Å². The van der Waals surface area contributed by atoms with E-state index in [1.165, 1.54) is 5.57 Å². The molecule has 1 unspecified atom stereocenters. The van der Waals surface area contributed by atoms with Crippen LogP contribution in [0.15, 0.2) is 37.0 Å². The Bertz CT molecular complexity index is 312. The Balaban J connectivity index is 3.14. The van der Waals surface area contributed by atoms with Gasteiger partial charge in [-0.25, -0.2) is 0 Å². The first-order valence-electron chi connectivity index (χ1n) is 6.48. The van der Waals surface area contributed by atoms with Gasteiger partial charge in [-0.1, -0.05) is 37.6 Å². The van der Waals surface area contributed by atoms with Crippen LogP contribution in [0.5, 0.6) is 0 Å². The van der Waals surface area contributed by atoms with E-state index >= 15 is 0 Å². The van der Waals surface area contributed by atoms with E-state index in [-0.39, 0.29) is 11.3 Å². The summed E-state index contributed by atoms with van der Waals surface area (Å²) in [5.74, 6) is 0.194. The van der Waals surface area contributed by atoms with Crippen molar-refractivity contribution < 1.29 is 5.11 Å². The molecule has 1 heteroatoms. The van der Waals surface area contributed by atoms with Crippen molar-refractivity contribution in [2.75, 3.05) is 0 Å². The lowest BCUT2D eigenvalue weighted by Crippen LogP contribution is -2.47. The largest absolute Gasteiger partial charge is 0.389 e. The maximum atomic E-state index is 11.0. The quantitative estimate of drug-likeness (QED) is 0.705. The third kappa shape index (κ3) is 2.90. The van der Waals surface area contributed by atoms with Gasteiger partial charge in [-0.15, -0.1) is 13.2 Å². The average molecular weight is 234 g/mol. The van der Waals surface area contributed by atoms with Gasteiger partial charge in [-0.05, 0) is 38.0 Å². The van der Waals surface area contributed by atoms with Crippen molar-refractivity contribution >= 4 is 0 Å². The summed E-state index contributed by atoms with van der Waals surface area (Å²) in [6, 6.07) is 0. The fourth-order valence-corrected chi connectivity index (χ4v) is 3.52. The first-order chi connectivity index (χ1) is 7.87. The lowest BCUT2D eigenvalue weighted by molar-refractivity contribution is -0.0508. The third-order valence-electron chi connectivity index (χ3n) is 4.02. The lowest BCUT2D eigenvalue weighted by Gasteiger charge is -2.47. The molecule has 1 atom stereocenters. The van der Waals surface area contributed by atoms with Gasteiger partial charge in [-0.2, -0.15) is 0 Å². The van der Waals surface area contributed by atoms with Crippen LogP contribution in [0.2, 0.25) is 0 Å². The van der Waals surface area contributed by atoms with Gasteiger partial charge < -0.3 is 5.11 Å². The van der Waals surface area contributed by atoms with Crippen LogP contribution in [0.1, 0.15) is 46.5 Å². The van der Waals surface area contributed by atoms with Crippen LogP contribution in [0.3, 0.4) is 0 Å². The van der Waals surface area contributed by atoms with Gasteiger partial charge in [-0.3, -0.25) is 0 Å². The minimum Gasteiger partial charge on any atom is -0.389 e. The van der Waals surface area contributed by atoms with E-state index in [0.717, 1.165) is 12.8 Å². The normalized spacial score (nSPS) is 24.0. The van der Waals surface area contributed by atoms with Gasteiger partial charge in [0.2, 0.25) is 0 Å². The summed E-state index contributed by atoms with van der Waals surface area (Å²) in [7, 11) is 0. The molecule has 1 aliphatic carbocycles. The van der Waals surface area contributed by atoms with Gasteiger partial charge in [0.25, 0.3) is 0 Å². The molecule has 0 saturated carbocycles. The highest BCUT2D eigenvalue weighted by Gasteiger charge is 2.45. The Kier molecular flexibility index (Phi) is 4.37. The Labute approximate surface area is 106 Å². The maximum Gasteiger partial charge on any atom is 0.0785 e. The summed E-state index contributed by atoms with van der Waals surface area (Å²) >= 11 is 0. The van der Waals surface area contributed by atoms with E-state index in [9.17, 15) is 5.11 Å². The molecule has 0 aromatic carbocycles. The summed E-state index contributed by atoms with van der Waals surface area (Å²) in [5.41, 5.74) is 0.723. The second-order valence-corrected chi connectivity index (χ2v) is 6.00. The minimum atomic E-state index is -0.728. The molecule has 1 nitrogen and oxygen atoms in total. The molecule has 1 N–H and O–H groups in total. The molecule has 1 aliphatic rings. The highest BCUT2D eigenvalue weighted by Crippen LogP contribution is 2.48. The number of hydrogen-bond acceptors (Lipinski definition) is 1. The minimum absolute atomic E-state index is 0.138. The van der Waals surface area contributed by atoms with Crippen molar-refractivity contribution in [1.29, 1.82) is 0 Å². The third-order valence-corrected chi connectivity index (χ3v) is 4.02. The summed E-state index contributed by atoms with van der Waals surface area (Å²) in [6.07, 6.45) is 9.41. The topological polar surface area (TPSA) is 20.2 Å². The van der Waals surface area contributed by atoms with Crippen LogP contribution in [-0.2, 0) is 0 Å². The van der Waals surface area contributed by atoms with Crippen LogP contribution >= 0.6 is 0 Å². The van der Waals surface area contributed by atoms with Crippen LogP contribution in [0.25, 0.3) is 0 Å². The zero-order valence-electron chi connectivity index (χ0n) is 11.5. The first-order valence-corrected chi connectivity index (χ1v) is 6.48. The highest BCUT2D eigenvalue weighted by molar-refractivity contribution is 5.19. The summed E-state index contributed by atoms with van der Waals surface area (Å²) in [6.45, 7) is 14.2. The van der Waals surface area contributed by atoms with Gasteiger partial charge in [0, 0.05) is 5.92 Å². The first kappa shape index (κ1) is 14.2. The van der Waals surface area contributed by atoms with E-state index in [2.05, 4.69) is 40.0 Å². The monoisotopic (exact) mass is 234 g/mol. The van der Waals surface area contributed by atoms with Crippen LogP contribution in [-0.4, -0.2) is 10.7 Å². The van der Waals surface area contributed by atoms with Crippen molar-refractivity contribution in [3.8, 4) is 0 Å². The zero-order valence-corrected chi connectivity index (χ0v) is 11.5. The molecule has 0 aromatic rings. The molecule has 96 valence electrons. The standard InChI is InChI=1S/C16H26O/c1-6-10-16(17,11-7-2)14-13(3)9-8-12-15(14,4)5/h6-7,9,14,17H,1-2,8,10-12H2,3-5H3. The molecule has 0 aromatic heterocycles. The zero-order chi connectivity index (χ0) is 13.1. The molecular formula is C16H26O. The van der Waals surface area contributed by atoms with Crippen LogP contribution < -0.4 is 0 Å². The van der Waals surface area contributed by atoms with E-state index in [0.29, 0.717) is 12.8 Å². The molecule has 0 aliphatic heterocycles. The van der Waals surface area contributed by atoms with Crippen molar-refractivity contribution in [2.45, 2.75) is 52.1 Å².